The van der Waals surface area contributed by atoms with Gasteiger partial charge in [0, 0.05) is 11.1 Å². The third kappa shape index (κ3) is 1.94. The summed E-state index contributed by atoms with van der Waals surface area (Å²) >= 11 is 4.99. The van der Waals surface area contributed by atoms with Gasteiger partial charge < -0.3 is 4.42 Å². The number of fused-ring (bicyclic) bond motifs is 1. The van der Waals surface area contributed by atoms with Crippen LogP contribution in [-0.2, 0) is 6.54 Å². The average molecular weight is 311 g/mol. The van der Waals surface area contributed by atoms with Crippen molar-refractivity contribution in [3.05, 3.63) is 49.7 Å². The minimum Gasteiger partial charge on any atom is -0.406 e. The minimum absolute atomic E-state index is 0.372. The smallest absolute Gasteiger partial charge is 0.406 e. The molecule has 0 atom stereocenters. The first-order chi connectivity index (χ1) is 8.24. The second kappa shape index (κ2) is 4.12. The second-order valence-corrected chi connectivity index (χ2v) is 6.03. The maximum atomic E-state index is 11.7. The van der Waals surface area contributed by atoms with E-state index in [-0.39, 0.29) is 5.76 Å². The van der Waals surface area contributed by atoms with Gasteiger partial charge in [0.15, 0.2) is 11.2 Å². The number of hydrogen-bond acceptors (Lipinski definition) is 4. The summed E-state index contributed by atoms with van der Waals surface area (Å²) in [4.78, 5) is 16.9. The number of nitrogens with zero attached hydrogens (tertiary/aromatic N) is 2. The van der Waals surface area contributed by atoms with Gasteiger partial charge in [-0.1, -0.05) is 0 Å². The van der Waals surface area contributed by atoms with Crippen molar-refractivity contribution >= 4 is 38.5 Å². The van der Waals surface area contributed by atoms with Gasteiger partial charge in [-0.15, -0.1) is 11.3 Å². The number of aromatic nitrogens is 2. The Morgan fingerprint density at radius 1 is 1.41 bits per heavy atom. The number of oxazole rings is 1. The number of thiophene rings is 1. The van der Waals surface area contributed by atoms with Gasteiger partial charge in [-0.2, -0.15) is 0 Å². The van der Waals surface area contributed by atoms with E-state index in [0.717, 1.165) is 8.66 Å². The fourth-order valence-corrected chi connectivity index (χ4v) is 3.10. The molecule has 0 aliphatic heterocycles. The molecule has 0 aliphatic carbocycles. The lowest BCUT2D eigenvalue weighted by atomic mass is 10.4. The van der Waals surface area contributed by atoms with Crippen molar-refractivity contribution in [2.75, 3.05) is 0 Å². The van der Waals surface area contributed by atoms with Gasteiger partial charge in [-0.05, 0) is 40.2 Å². The van der Waals surface area contributed by atoms with Crippen LogP contribution in [-0.4, -0.2) is 9.55 Å². The van der Waals surface area contributed by atoms with Crippen LogP contribution in [0, 0.1) is 0 Å². The summed E-state index contributed by atoms with van der Waals surface area (Å²) in [6, 6.07) is 7.42. The van der Waals surface area contributed by atoms with Crippen LogP contribution in [0.15, 0.2) is 43.5 Å². The predicted molar refractivity (Wildman–Crippen MR) is 69.4 cm³/mol. The molecule has 0 fully saturated rings. The Hall–Kier alpha value is -1.40. The van der Waals surface area contributed by atoms with Crippen molar-refractivity contribution in [3.8, 4) is 0 Å². The summed E-state index contributed by atoms with van der Waals surface area (Å²) in [5.41, 5.74) is 1.11. The van der Waals surface area contributed by atoms with Crippen LogP contribution in [0.25, 0.3) is 11.2 Å². The van der Waals surface area contributed by atoms with Crippen LogP contribution in [0.1, 0.15) is 4.88 Å². The van der Waals surface area contributed by atoms with Gasteiger partial charge in [0.2, 0.25) is 0 Å². The van der Waals surface area contributed by atoms with Crippen molar-refractivity contribution in [1.82, 2.24) is 9.55 Å². The van der Waals surface area contributed by atoms with E-state index >= 15 is 0 Å². The first kappa shape index (κ1) is 10.7. The summed E-state index contributed by atoms with van der Waals surface area (Å²) in [5, 5.41) is 0. The van der Waals surface area contributed by atoms with E-state index in [4.69, 9.17) is 4.42 Å². The van der Waals surface area contributed by atoms with E-state index in [9.17, 15) is 4.79 Å². The SMILES string of the molecule is O=c1oc2cccnc2n1Cc1ccc(Br)s1. The van der Waals surface area contributed by atoms with Crippen molar-refractivity contribution in [1.29, 1.82) is 0 Å². The molecule has 0 amide bonds. The third-order valence-electron chi connectivity index (χ3n) is 2.37. The van der Waals surface area contributed by atoms with Crippen LogP contribution in [0.3, 0.4) is 0 Å². The molecule has 0 radical (unpaired) electrons. The Bertz CT molecular complexity index is 728. The van der Waals surface area contributed by atoms with Crippen LogP contribution in [0.2, 0.25) is 0 Å². The zero-order chi connectivity index (χ0) is 11.8. The lowest BCUT2D eigenvalue weighted by Gasteiger charge is -1.97. The molecule has 4 nitrogen and oxygen atoms in total. The summed E-state index contributed by atoms with van der Waals surface area (Å²) in [6.07, 6.45) is 1.65. The Labute approximate surface area is 109 Å². The summed E-state index contributed by atoms with van der Waals surface area (Å²) in [5.74, 6) is -0.372. The van der Waals surface area contributed by atoms with Crippen molar-refractivity contribution in [2.24, 2.45) is 0 Å². The van der Waals surface area contributed by atoms with Crippen LogP contribution >= 0.6 is 27.3 Å². The molecule has 3 rings (SSSR count). The average Bonchev–Trinajstić information content (AvgIpc) is 2.85. The monoisotopic (exact) mass is 310 g/mol. The quantitative estimate of drug-likeness (QED) is 0.731. The van der Waals surface area contributed by atoms with E-state index in [1.165, 1.54) is 4.57 Å². The zero-order valence-electron chi connectivity index (χ0n) is 8.59. The maximum absolute atomic E-state index is 11.7. The molecule has 3 heterocycles. The van der Waals surface area contributed by atoms with Gasteiger partial charge in [0.05, 0.1) is 10.3 Å². The molecule has 0 unspecified atom stereocenters. The predicted octanol–water partition coefficient (Wildman–Crippen LogP) is 2.86. The standard InChI is InChI=1S/C11H7BrN2O2S/c12-9-4-3-7(17-9)6-14-10-8(16-11(14)15)2-1-5-13-10/h1-5H,6H2. The molecule has 0 N–H and O–H groups in total. The Morgan fingerprint density at radius 2 is 2.29 bits per heavy atom. The van der Waals surface area contributed by atoms with Gasteiger partial charge in [-0.25, -0.2) is 9.78 Å². The molecule has 0 bridgehead atoms. The highest BCUT2D eigenvalue weighted by atomic mass is 79.9. The molecule has 0 saturated heterocycles. The number of hydrogen-bond donors (Lipinski definition) is 0. The Morgan fingerprint density at radius 3 is 3.06 bits per heavy atom. The van der Waals surface area contributed by atoms with E-state index in [0.29, 0.717) is 17.8 Å². The molecular weight excluding hydrogens is 304 g/mol. The largest absolute Gasteiger partial charge is 0.421 e. The number of rotatable bonds is 2. The van der Waals surface area contributed by atoms with E-state index in [1.54, 1.807) is 29.7 Å². The molecule has 3 aromatic heterocycles. The van der Waals surface area contributed by atoms with Gasteiger partial charge in [0.1, 0.15) is 0 Å². The normalized spacial score (nSPS) is 11.1. The highest BCUT2D eigenvalue weighted by molar-refractivity contribution is 9.11. The summed E-state index contributed by atoms with van der Waals surface area (Å²) < 4.78 is 7.69. The molecule has 6 heteroatoms. The topological polar surface area (TPSA) is 48.0 Å². The van der Waals surface area contributed by atoms with E-state index in [2.05, 4.69) is 20.9 Å². The van der Waals surface area contributed by atoms with Crippen molar-refractivity contribution in [3.63, 3.8) is 0 Å². The summed E-state index contributed by atoms with van der Waals surface area (Å²) in [6.45, 7) is 0.485. The number of pyridine rings is 1. The molecule has 86 valence electrons. The fraction of sp³-hybridized carbons (Fsp3) is 0.0909. The third-order valence-corrected chi connectivity index (χ3v) is 3.98. The van der Waals surface area contributed by atoms with Crippen LogP contribution in [0.5, 0.6) is 0 Å². The van der Waals surface area contributed by atoms with Gasteiger partial charge >= 0.3 is 5.76 Å². The lowest BCUT2D eigenvalue weighted by Crippen LogP contribution is -2.14. The molecular formula is C11H7BrN2O2S. The highest BCUT2D eigenvalue weighted by Crippen LogP contribution is 2.23. The molecule has 0 spiro atoms. The molecule has 0 saturated carbocycles. The Kier molecular flexibility index (Phi) is 2.60. The van der Waals surface area contributed by atoms with Gasteiger partial charge in [-0.3, -0.25) is 4.57 Å². The first-order valence-corrected chi connectivity index (χ1v) is 6.53. The van der Waals surface area contributed by atoms with Crippen molar-refractivity contribution < 1.29 is 4.42 Å². The Balaban J connectivity index is 2.11. The van der Waals surface area contributed by atoms with Crippen LogP contribution in [0.4, 0.5) is 0 Å². The zero-order valence-corrected chi connectivity index (χ0v) is 11.0. The molecule has 0 aromatic carbocycles. The maximum Gasteiger partial charge on any atom is 0.421 e. The summed E-state index contributed by atoms with van der Waals surface area (Å²) in [7, 11) is 0. The lowest BCUT2D eigenvalue weighted by molar-refractivity contribution is 0.518. The molecule has 0 aliphatic rings. The van der Waals surface area contributed by atoms with E-state index < -0.39 is 0 Å². The second-order valence-electron chi connectivity index (χ2n) is 3.49. The fourth-order valence-electron chi connectivity index (χ4n) is 1.63. The van der Waals surface area contributed by atoms with Gasteiger partial charge in [0.25, 0.3) is 0 Å². The van der Waals surface area contributed by atoms with E-state index in [1.807, 2.05) is 12.1 Å². The molecule has 3 aromatic rings. The molecule has 17 heavy (non-hydrogen) atoms. The number of halogens is 1. The minimum atomic E-state index is -0.372. The first-order valence-electron chi connectivity index (χ1n) is 4.92. The van der Waals surface area contributed by atoms with Crippen molar-refractivity contribution in [2.45, 2.75) is 6.54 Å². The highest BCUT2D eigenvalue weighted by Gasteiger charge is 2.10. The van der Waals surface area contributed by atoms with Crippen LogP contribution < -0.4 is 5.76 Å².